The summed E-state index contributed by atoms with van der Waals surface area (Å²) in [6, 6.07) is -0.838. The lowest BCUT2D eigenvalue weighted by Crippen LogP contribution is -2.71. The number of nitrogens with one attached hydrogen (secondary N) is 1. The number of carbonyl (C=O) groups is 4. The maximum absolute atomic E-state index is 13.0. The van der Waals surface area contributed by atoms with E-state index in [9.17, 15) is 24.3 Å². The molecule has 2 aromatic heterocycles. The second-order valence-corrected chi connectivity index (χ2v) is 14.4. The number of aliphatic carboxylic acids is 1. The minimum Gasteiger partial charge on any atom is -0.477 e. The molecule has 2 saturated heterocycles. The molecule has 0 bridgehead atoms. The van der Waals surface area contributed by atoms with E-state index in [1.165, 1.54) is 51.1 Å². The third kappa shape index (κ3) is 6.19. The van der Waals surface area contributed by atoms with Gasteiger partial charge in [0.25, 0.3) is 5.91 Å². The van der Waals surface area contributed by atoms with Gasteiger partial charge in [-0.3, -0.25) is 19.3 Å². The number of morpholine rings is 1. The summed E-state index contributed by atoms with van der Waals surface area (Å²) in [6.07, 6.45) is -0.0252. The number of nitrogen functional groups attached to an aromatic ring is 1. The van der Waals surface area contributed by atoms with Gasteiger partial charge < -0.3 is 25.8 Å². The molecule has 3 amide bonds. The van der Waals surface area contributed by atoms with Crippen LogP contribution in [0.5, 0.6) is 0 Å². The van der Waals surface area contributed by atoms with Crippen molar-refractivity contribution < 1.29 is 29.0 Å². The van der Waals surface area contributed by atoms with Crippen LogP contribution in [0, 0.1) is 0 Å². The Morgan fingerprint density at radius 3 is 2.69 bits per heavy atom. The Balaban J connectivity index is 1.23. The average Bonchev–Trinajstić information content (AvgIpc) is 3.55. The maximum atomic E-state index is 13.0. The number of β-lactam (4-membered cyclic amide) rings is 1. The van der Waals surface area contributed by atoms with E-state index in [0.29, 0.717) is 50.7 Å². The third-order valence-electron chi connectivity index (χ3n) is 5.93. The Labute approximate surface area is 243 Å². The van der Waals surface area contributed by atoms with Crippen molar-refractivity contribution >= 4 is 86.8 Å². The van der Waals surface area contributed by atoms with Crippen molar-refractivity contribution in [3.05, 3.63) is 21.7 Å². The van der Waals surface area contributed by atoms with Crippen molar-refractivity contribution in [3.63, 3.8) is 0 Å². The smallest absolute Gasteiger partial charge is 0.353 e. The molecule has 0 aliphatic carbocycles. The van der Waals surface area contributed by atoms with E-state index in [4.69, 9.17) is 10.5 Å². The maximum Gasteiger partial charge on any atom is 0.353 e. The topological polar surface area (TPSA) is 181 Å². The highest BCUT2D eigenvalue weighted by molar-refractivity contribution is 8.08. The average molecular weight is 630 g/mol. The van der Waals surface area contributed by atoms with Crippen molar-refractivity contribution in [2.45, 2.75) is 38.7 Å². The number of carboxylic acid groups (broad SMARTS) is 1. The first-order valence-corrected chi connectivity index (χ1v) is 16.1. The number of hydrogen-bond donors (Lipinski definition) is 3. The molecule has 2 aromatic rings. The van der Waals surface area contributed by atoms with Crippen LogP contribution in [-0.4, -0.2) is 103 Å². The summed E-state index contributed by atoms with van der Waals surface area (Å²) >= 11 is 6.30. The molecule has 0 aromatic carbocycles. The summed E-state index contributed by atoms with van der Waals surface area (Å²) in [7, 11) is 0. The van der Waals surface area contributed by atoms with Crippen LogP contribution < -0.4 is 11.1 Å². The fourth-order valence-electron chi connectivity index (χ4n) is 4.11. The van der Waals surface area contributed by atoms with Gasteiger partial charge in [-0.1, -0.05) is 34.9 Å². The van der Waals surface area contributed by atoms with Gasteiger partial charge in [0.2, 0.25) is 11.8 Å². The molecule has 208 valence electrons. The molecule has 4 N–H and O–H groups in total. The largest absolute Gasteiger partial charge is 0.477 e. The van der Waals surface area contributed by atoms with Crippen LogP contribution in [-0.2, 0) is 30.3 Å². The van der Waals surface area contributed by atoms with Gasteiger partial charge in [-0.2, -0.15) is 0 Å². The summed E-state index contributed by atoms with van der Waals surface area (Å²) in [6.45, 7) is 4.05. The lowest BCUT2D eigenvalue weighted by Gasteiger charge is -2.50. The summed E-state index contributed by atoms with van der Waals surface area (Å²) in [4.78, 5) is 57.6. The van der Waals surface area contributed by atoms with Crippen LogP contribution in [0.3, 0.4) is 0 Å². The second kappa shape index (κ2) is 12.0. The third-order valence-corrected chi connectivity index (χ3v) is 11.6. The Hall–Kier alpha value is -2.38. The minimum absolute atomic E-state index is 0.000533. The molecular formula is C21H23N7O6S5. The van der Waals surface area contributed by atoms with Crippen LogP contribution in [0.4, 0.5) is 5.13 Å². The van der Waals surface area contributed by atoms with Crippen molar-refractivity contribution in [2.24, 2.45) is 0 Å². The lowest BCUT2D eigenvalue weighted by molar-refractivity contribution is -0.150. The van der Waals surface area contributed by atoms with E-state index in [1.54, 1.807) is 10.3 Å². The van der Waals surface area contributed by atoms with Crippen LogP contribution in [0.25, 0.3) is 0 Å². The molecule has 2 unspecified atom stereocenters. The molecule has 39 heavy (non-hydrogen) atoms. The number of nitrogens with two attached hydrogens (primary N) is 1. The molecule has 3 aliphatic rings. The quantitative estimate of drug-likeness (QED) is 0.264. The predicted molar refractivity (Wildman–Crippen MR) is 148 cm³/mol. The first kappa shape index (κ1) is 28.2. The minimum atomic E-state index is -1.24. The lowest BCUT2D eigenvalue weighted by atomic mass is 10.0. The first-order chi connectivity index (χ1) is 18.7. The predicted octanol–water partition coefficient (Wildman–Crippen LogP) is 0.947. The van der Waals surface area contributed by atoms with Crippen LogP contribution in [0.2, 0.25) is 0 Å². The monoisotopic (exact) mass is 629 g/mol. The number of thioether (sulfide) groups is 3. The Kier molecular flexibility index (Phi) is 8.67. The number of nitrogens with zero attached hydrogens (tertiary/aromatic N) is 5. The fraction of sp³-hybridized carbons (Fsp3) is 0.476. The van der Waals surface area contributed by atoms with Gasteiger partial charge in [-0.15, -0.1) is 33.3 Å². The molecule has 18 heteroatoms. The second-order valence-electron chi connectivity index (χ2n) is 8.51. The Morgan fingerprint density at radius 2 is 2.00 bits per heavy atom. The molecule has 0 spiro atoms. The highest BCUT2D eigenvalue weighted by Gasteiger charge is 2.56. The van der Waals surface area contributed by atoms with Crippen molar-refractivity contribution in [1.29, 1.82) is 0 Å². The number of ether oxygens (including phenoxy) is 1. The normalized spacial score (nSPS) is 22.9. The van der Waals surface area contributed by atoms with Gasteiger partial charge in [0.1, 0.15) is 17.1 Å². The highest BCUT2D eigenvalue weighted by atomic mass is 32.2. The number of amides is 3. The number of carboxylic acids is 1. The van der Waals surface area contributed by atoms with Gasteiger partial charge in [0, 0.05) is 28.6 Å². The SMILES string of the molecule is CC1S[C@@H]2C(NC(=O)Cc3csc(N)n3)C(=O)N2C(C(=O)O)=C1Sc1nnc(SCC(=O)N2CCOCC2)s1. The zero-order valence-electron chi connectivity index (χ0n) is 20.4. The Morgan fingerprint density at radius 1 is 1.26 bits per heavy atom. The number of aromatic nitrogens is 3. The molecule has 2 fully saturated rings. The summed E-state index contributed by atoms with van der Waals surface area (Å²) in [5.74, 6) is -1.89. The molecule has 0 saturated carbocycles. The fourth-order valence-corrected chi connectivity index (χ4v) is 9.35. The molecule has 5 rings (SSSR count). The number of thiazole rings is 1. The van der Waals surface area contributed by atoms with E-state index in [1.807, 2.05) is 6.92 Å². The van der Waals surface area contributed by atoms with Crippen LogP contribution in [0.15, 0.2) is 24.7 Å². The highest BCUT2D eigenvalue weighted by Crippen LogP contribution is 2.49. The van der Waals surface area contributed by atoms with Gasteiger partial charge in [0.05, 0.1) is 31.1 Å². The Bertz CT molecular complexity index is 1330. The summed E-state index contributed by atoms with van der Waals surface area (Å²) < 4.78 is 6.38. The molecule has 5 heterocycles. The van der Waals surface area contributed by atoms with E-state index in [0.717, 1.165) is 11.8 Å². The van der Waals surface area contributed by atoms with Gasteiger partial charge >= 0.3 is 5.97 Å². The molecule has 13 nitrogen and oxygen atoms in total. The van der Waals surface area contributed by atoms with Crippen LogP contribution in [0.1, 0.15) is 12.6 Å². The van der Waals surface area contributed by atoms with Crippen molar-refractivity contribution in [2.75, 3.05) is 37.8 Å². The molecule has 3 aliphatic heterocycles. The van der Waals surface area contributed by atoms with Gasteiger partial charge in [0.15, 0.2) is 13.8 Å². The number of carbonyl (C=O) groups excluding carboxylic acids is 3. The molecule has 0 radical (unpaired) electrons. The number of hydrogen-bond acceptors (Lipinski definition) is 14. The van der Waals surface area contributed by atoms with E-state index < -0.39 is 29.2 Å². The zero-order chi connectivity index (χ0) is 27.7. The zero-order valence-corrected chi connectivity index (χ0v) is 24.5. The summed E-state index contributed by atoms with van der Waals surface area (Å²) in [5, 5.41) is 22.2. The molecule has 3 atom stereocenters. The van der Waals surface area contributed by atoms with Crippen molar-refractivity contribution in [3.8, 4) is 0 Å². The van der Waals surface area contributed by atoms with E-state index in [2.05, 4.69) is 20.5 Å². The summed E-state index contributed by atoms with van der Waals surface area (Å²) in [5.41, 5.74) is 5.99. The molecular weight excluding hydrogens is 607 g/mol. The van der Waals surface area contributed by atoms with E-state index in [-0.39, 0.29) is 29.0 Å². The van der Waals surface area contributed by atoms with E-state index >= 15 is 0 Å². The van der Waals surface area contributed by atoms with Crippen LogP contribution >= 0.6 is 58.0 Å². The number of anilines is 1. The standard InChI is InChI=1S/C21H23N7O6S5/c1-9-15(38-21-26-25-20(39-21)36-8-12(30)27-2-4-34-5-3-27)14(18(32)33)28-16(31)13(17(28)37-9)24-11(29)6-10-7-35-19(22)23-10/h7,9,13,17H,2-6,8H2,1H3,(H2,22,23)(H,24,29)(H,32,33)/t9?,13?,17-/m1/s1. The number of rotatable bonds is 9. The van der Waals surface area contributed by atoms with Crippen molar-refractivity contribution in [1.82, 2.24) is 30.3 Å². The van der Waals surface area contributed by atoms with Gasteiger partial charge in [-0.25, -0.2) is 9.78 Å². The van der Waals surface area contributed by atoms with Gasteiger partial charge in [-0.05, 0) is 6.92 Å². The first-order valence-electron chi connectivity index (χ1n) is 11.7. The number of fused-ring (bicyclic) bond motifs is 1.